The van der Waals surface area contributed by atoms with E-state index < -0.39 is 29.4 Å². The third-order valence-corrected chi connectivity index (χ3v) is 3.11. The number of rotatable bonds is 4. The Bertz CT molecular complexity index is 761. The van der Waals surface area contributed by atoms with Crippen LogP contribution in [0.3, 0.4) is 0 Å². The van der Waals surface area contributed by atoms with Crippen molar-refractivity contribution in [1.29, 1.82) is 0 Å². The molecule has 0 fully saturated rings. The van der Waals surface area contributed by atoms with Crippen molar-refractivity contribution in [2.45, 2.75) is 26.4 Å². The van der Waals surface area contributed by atoms with Crippen molar-refractivity contribution in [3.05, 3.63) is 62.4 Å². The van der Waals surface area contributed by atoms with E-state index in [0.717, 1.165) is 16.7 Å². The maximum atomic E-state index is 13.7. The van der Waals surface area contributed by atoms with E-state index in [4.69, 9.17) is 5.73 Å². The molecule has 1 aromatic heterocycles. The summed E-state index contributed by atoms with van der Waals surface area (Å²) in [5, 5.41) is 0. The Hall–Kier alpha value is -2.44. The first-order valence-corrected chi connectivity index (χ1v) is 6.48. The Morgan fingerprint density at radius 1 is 1.19 bits per heavy atom. The fourth-order valence-corrected chi connectivity index (χ4v) is 2.06. The second kappa shape index (κ2) is 5.90. The van der Waals surface area contributed by atoms with Crippen LogP contribution in [0.25, 0.3) is 0 Å². The molecule has 0 aliphatic rings. The van der Waals surface area contributed by atoms with Gasteiger partial charge in [0.2, 0.25) is 0 Å². The average Bonchev–Trinajstić information content (AvgIpc) is 2.44. The summed E-state index contributed by atoms with van der Waals surface area (Å²) in [4.78, 5) is 24.1. The number of halogens is 2. The molecule has 1 heterocycles. The number of anilines is 1. The Kier molecular flexibility index (Phi) is 4.21. The number of hydrogen-bond acceptors (Lipinski definition) is 3. The molecule has 21 heavy (non-hydrogen) atoms. The Morgan fingerprint density at radius 2 is 1.81 bits per heavy atom. The van der Waals surface area contributed by atoms with Gasteiger partial charge in [-0.15, -0.1) is 0 Å². The van der Waals surface area contributed by atoms with E-state index >= 15 is 0 Å². The van der Waals surface area contributed by atoms with Crippen molar-refractivity contribution in [2.75, 3.05) is 5.73 Å². The third-order valence-electron chi connectivity index (χ3n) is 3.11. The molecule has 5 nitrogen and oxygen atoms in total. The molecule has 0 bridgehead atoms. The molecule has 0 saturated carbocycles. The molecule has 0 radical (unpaired) electrons. The summed E-state index contributed by atoms with van der Waals surface area (Å²) in [6, 6.07) is 3.35. The van der Waals surface area contributed by atoms with Crippen LogP contribution in [0.5, 0.6) is 0 Å². The summed E-state index contributed by atoms with van der Waals surface area (Å²) in [7, 11) is 0. The van der Waals surface area contributed by atoms with Gasteiger partial charge in [0.05, 0.1) is 6.54 Å². The zero-order valence-electron chi connectivity index (χ0n) is 11.5. The summed E-state index contributed by atoms with van der Waals surface area (Å²) in [6.45, 7) is 1.72. The number of hydrogen-bond donors (Lipinski definition) is 1. The molecule has 0 atom stereocenters. The van der Waals surface area contributed by atoms with Crippen molar-refractivity contribution in [2.24, 2.45) is 0 Å². The van der Waals surface area contributed by atoms with Gasteiger partial charge in [0, 0.05) is 18.3 Å². The molecular formula is C14H15F2N3O2. The Labute approximate surface area is 119 Å². The van der Waals surface area contributed by atoms with Crippen LogP contribution in [-0.2, 0) is 13.1 Å². The van der Waals surface area contributed by atoms with Crippen molar-refractivity contribution in [3.8, 4) is 0 Å². The van der Waals surface area contributed by atoms with Crippen LogP contribution < -0.4 is 17.0 Å². The van der Waals surface area contributed by atoms with E-state index in [-0.39, 0.29) is 11.3 Å². The number of nitrogens with two attached hydrogens (primary N) is 1. The fraction of sp³-hybridized carbons (Fsp3) is 0.286. The lowest BCUT2D eigenvalue weighted by atomic mass is 10.2. The number of nitrogen functional groups attached to an aromatic ring is 1. The predicted molar refractivity (Wildman–Crippen MR) is 75.1 cm³/mol. The van der Waals surface area contributed by atoms with E-state index in [0.29, 0.717) is 13.0 Å². The minimum atomic E-state index is -0.814. The fourth-order valence-electron chi connectivity index (χ4n) is 2.06. The van der Waals surface area contributed by atoms with Crippen LogP contribution in [0.2, 0.25) is 0 Å². The monoisotopic (exact) mass is 295 g/mol. The highest BCUT2D eigenvalue weighted by Gasteiger charge is 2.14. The van der Waals surface area contributed by atoms with Crippen molar-refractivity contribution >= 4 is 5.69 Å². The van der Waals surface area contributed by atoms with Gasteiger partial charge >= 0.3 is 5.69 Å². The molecular weight excluding hydrogens is 280 g/mol. The summed E-state index contributed by atoms with van der Waals surface area (Å²) in [6.07, 6.45) is 1.91. The first-order chi connectivity index (χ1) is 9.95. The predicted octanol–water partition coefficient (Wildman–Crippen LogP) is 1.33. The van der Waals surface area contributed by atoms with Crippen LogP contribution in [-0.4, -0.2) is 9.13 Å². The second-order valence-corrected chi connectivity index (χ2v) is 4.65. The molecule has 2 aromatic rings. The van der Waals surface area contributed by atoms with E-state index in [9.17, 15) is 18.4 Å². The van der Waals surface area contributed by atoms with E-state index in [1.54, 1.807) is 0 Å². The SMILES string of the molecule is CCCn1cc(N)c(=O)n(Cc2c(F)cccc2F)c1=O. The van der Waals surface area contributed by atoms with Crippen LogP contribution in [0.1, 0.15) is 18.9 Å². The highest BCUT2D eigenvalue weighted by atomic mass is 19.1. The standard InChI is InChI=1S/C14H15F2N3O2/c1-2-6-18-8-12(17)13(20)19(14(18)21)7-9-10(15)4-3-5-11(9)16/h3-5,8H,2,6-7,17H2,1H3. The molecule has 2 N–H and O–H groups in total. The lowest BCUT2D eigenvalue weighted by Crippen LogP contribution is -2.41. The molecule has 0 aliphatic carbocycles. The number of nitrogens with zero attached hydrogens (tertiary/aromatic N) is 2. The lowest BCUT2D eigenvalue weighted by Gasteiger charge is -2.11. The van der Waals surface area contributed by atoms with Gasteiger partial charge in [0.1, 0.15) is 17.3 Å². The van der Waals surface area contributed by atoms with Crippen molar-refractivity contribution < 1.29 is 8.78 Å². The molecule has 112 valence electrons. The molecule has 2 rings (SSSR count). The highest BCUT2D eigenvalue weighted by molar-refractivity contribution is 5.31. The van der Waals surface area contributed by atoms with Crippen molar-refractivity contribution in [1.82, 2.24) is 9.13 Å². The zero-order valence-corrected chi connectivity index (χ0v) is 11.5. The summed E-state index contributed by atoms with van der Waals surface area (Å²) in [5.74, 6) is -1.63. The summed E-state index contributed by atoms with van der Waals surface area (Å²) in [5.41, 5.74) is 3.69. The van der Waals surface area contributed by atoms with Gasteiger partial charge in [-0.2, -0.15) is 0 Å². The summed E-state index contributed by atoms with van der Waals surface area (Å²) >= 11 is 0. The minimum absolute atomic E-state index is 0.139. The molecule has 1 aromatic carbocycles. The highest BCUT2D eigenvalue weighted by Crippen LogP contribution is 2.12. The molecule has 0 amide bonds. The van der Waals surface area contributed by atoms with E-state index in [2.05, 4.69) is 0 Å². The van der Waals surface area contributed by atoms with E-state index in [1.165, 1.54) is 16.8 Å². The zero-order chi connectivity index (χ0) is 15.6. The first kappa shape index (κ1) is 15.0. The van der Waals surface area contributed by atoms with Gasteiger partial charge < -0.3 is 5.73 Å². The smallest absolute Gasteiger partial charge is 0.331 e. The van der Waals surface area contributed by atoms with Gasteiger partial charge in [-0.05, 0) is 18.6 Å². The number of benzene rings is 1. The molecule has 7 heteroatoms. The van der Waals surface area contributed by atoms with Crippen LogP contribution in [0.15, 0.2) is 34.0 Å². The quantitative estimate of drug-likeness (QED) is 0.925. The topological polar surface area (TPSA) is 70.0 Å². The van der Waals surface area contributed by atoms with Gasteiger partial charge in [-0.1, -0.05) is 13.0 Å². The second-order valence-electron chi connectivity index (χ2n) is 4.65. The molecule has 0 unspecified atom stereocenters. The average molecular weight is 295 g/mol. The third kappa shape index (κ3) is 2.86. The van der Waals surface area contributed by atoms with Gasteiger partial charge in [0.25, 0.3) is 5.56 Å². The maximum absolute atomic E-state index is 13.7. The number of aryl methyl sites for hydroxylation is 1. The van der Waals surface area contributed by atoms with Crippen LogP contribution in [0, 0.1) is 11.6 Å². The van der Waals surface area contributed by atoms with Gasteiger partial charge in [0.15, 0.2) is 0 Å². The van der Waals surface area contributed by atoms with Gasteiger partial charge in [-0.25, -0.2) is 13.6 Å². The lowest BCUT2D eigenvalue weighted by molar-refractivity contribution is 0.520. The van der Waals surface area contributed by atoms with E-state index in [1.807, 2.05) is 6.92 Å². The van der Waals surface area contributed by atoms with Crippen molar-refractivity contribution in [3.63, 3.8) is 0 Å². The molecule has 0 spiro atoms. The minimum Gasteiger partial charge on any atom is -0.393 e. The normalized spacial score (nSPS) is 10.8. The molecule has 0 saturated heterocycles. The largest absolute Gasteiger partial charge is 0.393 e. The van der Waals surface area contributed by atoms with Crippen LogP contribution in [0.4, 0.5) is 14.5 Å². The Balaban J connectivity index is 2.59. The van der Waals surface area contributed by atoms with Gasteiger partial charge in [-0.3, -0.25) is 13.9 Å². The summed E-state index contributed by atoms with van der Waals surface area (Å²) < 4.78 is 29.3. The number of aromatic nitrogens is 2. The maximum Gasteiger partial charge on any atom is 0.331 e. The molecule has 0 aliphatic heterocycles. The first-order valence-electron chi connectivity index (χ1n) is 6.48. The Morgan fingerprint density at radius 3 is 2.38 bits per heavy atom. The van der Waals surface area contributed by atoms with Crippen LogP contribution >= 0.6 is 0 Å².